The molecule has 2 aromatic heterocycles. The summed E-state index contributed by atoms with van der Waals surface area (Å²) in [4.78, 5) is 10.5. The fourth-order valence-electron chi connectivity index (χ4n) is 9.33. The second-order valence-electron chi connectivity index (χ2n) is 16.2. The Balaban J connectivity index is 0.965. The monoisotopic (exact) mass is 656 g/mol. The molecule has 51 heavy (non-hydrogen) atoms. The van der Waals surface area contributed by atoms with E-state index in [-0.39, 0.29) is 16.2 Å². The van der Waals surface area contributed by atoms with Gasteiger partial charge in [0.1, 0.15) is 0 Å². The molecule has 10 rings (SSSR count). The van der Waals surface area contributed by atoms with E-state index in [2.05, 4.69) is 175 Å². The first kappa shape index (κ1) is 30.2. The van der Waals surface area contributed by atoms with Gasteiger partial charge in [0, 0.05) is 38.5 Å². The molecular weight excluding hydrogens is 617 g/mol. The minimum Gasteiger partial charge on any atom is -0.247 e. The van der Waals surface area contributed by atoms with Crippen molar-refractivity contribution >= 4 is 0 Å². The van der Waals surface area contributed by atoms with Crippen molar-refractivity contribution in [2.75, 3.05) is 0 Å². The predicted octanol–water partition coefficient (Wildman–Crippen LogP) is 12.4. The van der Waals surface area contributed by atoms with Crippen LogP contribution < -0.4 is 0 Å². The van der Waals surface area contributed by atoms with Gasteiger partial charge in [0.25, 0.3) is 0 Å². The highest BCUT2D eigenvalue weighted by molar-refractivity contribution is 5.87. The van der Waals surface area contributed by atoms with Gasteiger partial charge in [-0.2, -0.15) is 0 Å². The van der Waals surface area contributed by atoms with Gasteiger partial charge in [-0.25, -0.2) is 9.97 Å². The van der Waals surface area contributed by atoms with Gasteiger partial charge in [-0.15, -0.1) is 0 Å². The van der Waals surface area contributed by atoms with Crippen LogP contribution in [0.4, 0.5) is 0 Å². The highest BCUT2D eigenvalue weighted by Gasteiger charge is 2.39. The first-order valence-corrected chi connectivity index (χ1v) is 18.2. The quantitative estimate of drug-likeness (QED) is 0.189. The molecule has 0 atom stereocenters. The van der Waals surface area contributed by atoms with E-state index in [1.54, 1.807) is 0 Å². The maximum absolute atomic E-state index is 5.29. The van der Waals surface area contributed by atoms with Crippen molar-refractivity contribution < 1.29 is 0 Å². The van der Waals surface area contributed by atoms with Gasteiger partial charge in [0.05, 0.1) is 22.8 Å². The van der Waals surface area contributed by atoms with E-state index in [1.165, 1.54) is 72.3 Å². The molecule has 0 aliphatic heterocycles. The van der Waals surface area contributed by atoms with Crippen LogP contribution in [0.5, 0.6) is 0 Å². The zero-order valence-electron chi connectivity index (χ0n) is 30.1. The van der Waals surface area contributed by atoms with Crippen molar-refractivity contribution in [1.29, 1.82) is 0 Å². The molecule has 3 aliphatic rings. The zero-order chi connectivity index (χ0) is 34.9. The molecular formula is C49H40N2. The number of rotatable bonds is 3. The molecule has 3 aliphatic carbocycles. The van der Waals surface area contributed by atoms with E-state index < -0.39 is 0 Å². The predicted molar refractivity (Wildman–Crippen MR) is 211 cm³/mol. The molecule has 0 N–H and O–H groups in total. The van der Waals surface area contributed by atoms with Crippen LogP contribution in [0, 0.1) is 0 Å². The Morgan fingerprint density at radius 1 is 0.314 bits per heavy atom. The SMILES string of the molecule is CC1(C)c2cc(-c3ccc(-c4ccc5c(n4)-c4ccccc4C5(C)C)cc3)ccc2-c2ccc(-c3ccc4c(n3)-c3ccccc3C4(C)C)cc21. The minimum atomic E-state index is -0.139. The largest absolute Gasteiger partial charge is 0.247 e. The van der Waals surface area contributed by atoms with E-state index in [0.717, 1.165) is 28.3 Å². The van der Waals surface area contributed by atoms with Crippen LogP contribution in [0.3, 0.4) is 0 Å². The number of hydrogen-bond donors (Lipinski definition) is 0. The summed E-state index contributed by atoms with van der Waals surface area (Å²) in [5, 5.41) is 0. The molecule has 0 spiro atoms. The summed E-state index contributed by atoms with van der Waals surface area (Å²) >= 11 is 0. The summed E-state index contributed by atoms with van der Waals surface area (Å²) in [6.07, 6.45) is 0. The first-order valence-electron chi connectivity index (χ1n) is 18.2. The number of fused-ring (bicyclic) bond motifs is 9. The summed E-state index contributed by atoms with van der Waals surface area (Å²) < 4.78 is 0. The van der Waals surface area contributed by atoms with E-state index in [4.69, 9.17) is 9.97 Å². The fraction of sp³-hybridized carbons (Fsp3) is 0.184. The molecule has 5 aromatic carbocycles. The van der Waals surface area contributed by atoms with Gasteiger partial charge >= 0.3 is 0 Å². The van der Waals surface area contributed by atoms with Crippen LogP contribution in [0.25, 0.3) is 67.3 Å². The second kappa shape index (κ2) is 10.2. The smallest absolute Gasteiger partial charge is 0.0753 e. The zero-order valence-corrected chi connectivity index (χ0v) is 30.1. The van der Waals surface area contributed by atoms with Crippen LogP contribution in [0.15, 0.2) is 133 Å². The van der Waals surface area contributed by atoms with E-state index in [9.17, 15) is 0 Å². The Morgan fingerprint density at radius 2 is 0.725 bits per heavy atom. The lowest BCUT2D eigenvalue weighted by Gasteiger charge is -2.23. The molecule has 0 saturated carbocycles. The lowest BCUT2D eigenvalue weighted by Crippen LogP contribution is -2.15. The minimum absolute atomic E-state index is 0.0350. The molecule has 0 fully saturated rings. The number of hydrogen-bond acceptors (Lipinski definition) is 2. The lowest BCUT2D eigenvalue weighted by molar-refractivity contribution is 0.659. The summed E-state index contributed by atoms with van der Waals surface area (Å²) in [5.74, 6) is 0. The third-order valence-electron chi connectivity index (χ3n) is 12.3. The van der Waals surface area contributed by atoms with Crippen molar-refractivity contribution in [3.63, 3.8) is 0 Å². The first-order chi connectivity index (χ1) is 24.5. The molecule has 2 heterocycles. The number of nitrogens with zero attached hydrogens (tertiary/aromatic N) is 2. The summed E-state index contributed by atoms with van der Waals surface area (Å²) in [6.45, 7) is 13.9. The Hall–Kier alpha value is -5.60. The summed E-state index contributed by atoms with van der Waals surface area (Å²) in [7, 11) is 0. The van der Waals surface area contributed by atoms with Crippen LogP contribution in [0.1, 0.15) is 74.9 Å². The van der Waals surface area contributed by atoms with E-state index in [0.29, 0.717) is 0 Å². The summed E-state index contributed by atoms with van der Waals surface area (Å²) in [5.41, 5.74) is 22.0. The number of benzene rings is 5. The average molecular weight is 657 g/mol. The number of aromatic nitrogens is 2. The van der Waals surface area contributed by atoms with Gasteiger partial charge in [-0.1, -0.05) is 151 Å². The van der Waals surface area contributed by atoms with Gasteiger partial charge in [-0.3, -0.25) is 0 Å². The molecule has 0 radical (unpaired) electrons. The highest BCUT2D eigenvalue weighted by Crippen LogP contribution is 2.52. The number of pyridine rings is 2. The Kier molecular flexibility index (Phi) is 6.07. The van der Waals surface area contributed by atoms with Crippen LogP contribution in [0.2, 0.25) is 0 Å². The third-order valence-corrected chi connectivity index (χ3v) is 12.3. The molecule has 0 amide bonds. The van der Waals surface area contributed by atoms with Crippen LogP contribution in [-0.2, 0) is 16.2 Å². The molecule has 0 unspecified atom stereocenters. The Morgan fingerprint density at radius 3 is 1.27 bits per heavy atom. The molecule has 0 saturated heterocycles. The van der Waals surface area contributed by atoms with Crippen molar-refractivity contribution in [2.45, 2.75) is 57.8 Å². The van der Waals surface area contributed by atoms with Crippen LogP contribution >= 0.6 is 0 Å². The summed E-state index contributed by atoms with van der Waals surface area (Å²) in [6, 6.07) is 49.3. The maximum atomic E-state index is 5.29. The fourth-order valence-corrected chi connectivity index (χ4v) is 9.33. The van der Waals surface area contributed by atoms with Gasteiger partial charge in [0.2, 0.25) is 0 Å². The van der Waals surface area contributed by atoms with Gasteiger partial charge in [-0.05, 0) is 79.9 Å². The average Bonchev–Trinajstić information content (AvgIpc) is 3.63. The lowest BCUT2D eigenvalue weighted by atomic mass is 9.81. The Labute approximate surface area is 300 Å². The normalized spacial score (nSPS) is 16.1. The second-order valence-corrected chi connectivity index (χ2v) is 16.2. The van der Waals surface area contributed by atoms with E-state index in [1.807, 2.05) is 0 Å². The molecule has 7 aromatic rings. The third kappa shape index (κ3) is 4.17. The van der Waals surface area contributed by atoms with Crippen molar-refractivity contribution in [1.82, 2.24) is 9.97 Å². The standard InChI is InChI=1S/C49H40N2/c1-47(2)37-13-9-7-11-35(37)45-39(47)23-25-43(50-45)30-17-15-29(16-18-30)31-19-21-33-34-22-20-32(28-42(34)49(5,6)41(33)27-31)44-26-24-40-46(51-44)36-12-8-10-14-38(36)48(40,3)4/h7-28H,1-6H3. The van der Waals surface area contributed by atoms with Gasteiger partial charge in [0.15, 0.2) is 0 Å². The van der Waals surface area contributed by atoms with E-state index >= 15 is 0 Å². The molecule has 0 bridgehead atoms. The van der Waals surface area contributed by atoms with Crippen LogP contribution in [-0.4, -0.2) is 9.97 Å². The van der Waals surface area contributed by atoms with Crippen molar-refractivity contribution in [2.24, 2.45) is 0 Å². The van der Waals surface area contributed by atoms with Crippen molar-refractivity contribution in [3.8, 4) is 67.3 Å². The topological polar surface area (TPSA) is 25.8 Å². The Bertz CT molecular complexity index is 2600. The van der Waals surface area contributed by atoms with Gasteiger partial charge < -0.3 is 0 Å². The van der Waals surface area contributed by atoms with Crippen molar-refractivity contribution in [3.05, 3.63) is 167 Å². The maximum Gasteiger partial charge on any atom is 0.0753 e. The molecule has 2 heteroatoms. The highest BCUT2D eigenvalue weighted by atomic mass is 14.7. The molecule has 246 valence electrons. The molecule has 2 nitrogen and oxygen atoms in total.